The summed E-state index contributed by atoms with van der Waals surface area (Å²) >= 11 is 13.4. The van der Waals surface area contributed by atoms with E-state index in [2.05, 4.69) is 5.32 Å². The van der Waals surface area contributed by atoms with Crippen LogP contribution in [0.1, 0.15) is 10.4 Å². The van der Waals surface area contributed by atoms with Crippen LogP contribution >= 0.6 is 35.0 Å². The van der Waals surface area contributed by atoms with Crippen molar-refractivity contribution >= 4 is 52.5 Å². The summed E-state index contributed by atoms with van der Waals surface area (Å²) in [4.78, 5) is 23.7. The molecular weight excluding hydrogens is 397 g/mol. The highest BCUT2D eigenvalue weighted by Gasteiger charge is 2.13. The SMILES string of the molecule is COC(=O)c1ccccc1NC(=O)CSCCOc1c(Cl)cccc1Cl. The number of hydrogen-bond acceptors (Lipinski definition) is 5. The minimum Gasteiger partial charge on any atom is -0.490 e. The summed E-state index contributed by atoms with van der Waals surface area (Å²) in [5.41, 5.74) is 0.731. The van der Waals surface area contributed by atoms with Gasteiger partial charge in [-0.05, 0) is 24.3 Å². The molecule has 2 aromatic carbocycles. The van der Waals surface area contributed by atoms with Crippen LogP contribution in [0.25, 0.3) is 0 Å². The van der Waals surface area contributed by atoms with Gasteiger partial charge in [0.1, 0.15) is 0 Å². The molecule has 2 rings (SSSR count). The Morgan fingerprint density at radius 2 is 1.77 bits per heavy atom. The largest absolute Gasteiger partial charge is 0.490 e. The van der Waals surface area contributed by atoms with E-state index < -0.39 is 5.97 Å². The maximum atomic E-state index is 12.0. The molecule has 138 valence electrons. The van der Waals surface area contributed by atoms with E-state index in [1.807, 2.05) is 0 Å². The standard InChI is InChI=1S/C18H17Cl2NO4S/c1-24-18(23)12-5-2-3-8-15(12)21-16(22)11-26-10-9-25-17-13(19)6-4-7-14(17)20/h2-8H,9-11H2,1H3,(H,21,22). The molecule has 0 fully saturated rings. The molecule has 0 radical (unpaired) electrons. The second-order valence-electron chi connectivity index (χ2n) is 5.04. The smallest absolute Gasteiger partial charge is 0.339 e. The Kier molecular flexibility index (Phi) is 8.09. The van der Waals surface area contributed by atoms with Crippen LogP contribution in [-0.2, 0) is 9.53 Å². The lowest BCUT2D eigenvalue weighted by atomic mass is 10.2. The molecule has 2 aromatic rings. The van der Waals surface area contributed by atoms with Crippen LogP contribution in [0.15, 0.2) is 42.5 Å². The van der Waals surface area contributed by atoms with Crippen molar-refractivity contribution in [1.82, 2.24) is 0 Å². The van der Waals surface area contributed by atoms with Crippen molar-refractivity contribution in [1.29, 1.82) is 0 Å². The van der Waals surface area contributed by atoms with Gasteiger partial charge in [0.25, 0.3) is 0 Å². The molecule has 0 saturated carbocycles. The molecule has 0 spiro atoms. The van der Waals surface area contributed by atoms with Gasteiger partial charge in [-0.2, -0.15) is 0 Å². The van der Waals surface area contributed by atoms with Crippen molar-refractivity contribution in [3.8, 4) is 5.75 Å². The lowest BCUT2D eigenvalue weighted by Gasteiger charge is -2.10. The molecule has 1 N–H and O–H groups in total. The average molecular weight is 414 g/mol. The number of esters is 1. The van der Waals surface area contributed by atoms with Gasteiger partial charge in [-0.1, -0.05) is 41.4 Å². The first kappa shape index (κ1) is 20.4. The van der Waals surface area contributed by atoms with Crippen molar-refractivity contribution < 1.29 is 19.1 Å². The van der Waals surface area contributed by atoms with E-state index in [1.165, 1.54) is 18.9 Å². The molecule has 0 bridgehead atoms. The van der Waals surface area contributed by atoms with E-state index in [1.54, 1.807) is 42.5 Å². The Labute approximate surface area is 166 Å². The highest BCUT2D eigenvalue weighted by atomic mass is 35.5. The third-order valence-electron chi connectivity index (χ3n) is 3.23. The highest BCUT2D eigenvalue weighted by Crippen LogP contribution is 2.32. The first-order chi connectivity index (χ1) is 12.5. The summed E-state index contributed by atoms with van der Waals surface area (Å²) in [6, 6.07) is 11.8. The zero-order valence-corrected chi connectivity index (χ0v) is 16.3. The number of halogens is 2. The number of amides is 1. The maximum Gasteiger partial charge on any atom is 0.339 e. The Bertz CT molecular complexity index is 765. The average Bonchev–Trinajstić information content (AvgIpc) is 2.63. The summed E-state index contributed by atoms with van der Waals surface area (Å²) in [5, 5.41) is 3.60. The molecule has 26 heavy (non-hydrogen) atoms. The van der Waals surface area contributed by atoms with Crippen LogP contribution in [0.3, 0.4) is 0 Å². The number of benzene rings is 2. The minimum atomic E-state index is -0.501. The van der Waals surface area contributed by atoms with Gasteiger partial charge in [0.15, 0.2) is 5.75 Å². The molecule has 0 heterocycles. The first-order valence-electron chi connectivity index (χ1n) is 7.64. The molecule has 0 aromatic heterocycles. The van der Waals surface area contributed by atoms with Gasteiger partial charge in [0, 0.05) is 5.75 Å². The quantitative estimate of drug-likeness (QED) is 0.508. The van der Waals surface area contributed by atoms with Crippen LogP contribution in [0.2, 0.25) is 10.0 Å². The number of anilines is 1. The first-order valence-corrected chi connectivity index (χ1v) is 9.55. The van der Waals surface area contributed by atoms with Crippen molar-refractivity contribution in [2.75, 3.05) is 30.5 Å². The van der Waals surface area contributed by atoms with Crippen LogP contribution in [0.5, 0.6) is 5.75 Å². The van der Waals surface area contributed by atoms with Gasteiger partial charge in [-0.25, -0.2) is 4.79 Å². The lowest BCUT2D eigenvalue weighted by Crippen LogP contribution is -2.17. The minimum absolute atomic E-state index is 0.217. The van der Waals surface area contributed by atoms with Crippen molar-refractivity contribution in [3.05, 3.63) is 58.1 Å². The van der Waals surface area contributed by atoms with Gasteiger partial charge in [0.05, 0.1) is 40.8 Å². The topological polar surface area (TPSA) is 64.6 Å². The number of para-hydroxylation sites is 2. The number of methoxy groups -OCH3 is 1. The zero-order valence-electron chi connectivity index (χ0n) is 14.0. The number of carbonyl (C=O) groups is 2. The Morgan fingerprint density at radius 3 is 2.46 bits per heavy atom. The number of carbonyl (C=O) groups excluding carboxylic acids is 2. The fourth-order valence-corrected chi connectivity index (χ4v) is 3.16. The van der Waals surface area contributed by atoms with Gasteiger partial charge in [-0.3, -0.25) is 4.79 Å². The van der Waals surface area contributed by atoms with Gasteiger partial charge in [0.2, 0.25) is 5.91 Å². The van der Waals surface area contributed by atoms with E-state index in [-0.39, 0.29) is 11.7 Å². The lowest BCUT2D eigenvalue weighted by molar-refractivity contribution is -0.113. The number of thioether (sulfide) groups is 1. The van der Waals surface area contributed by atoms with E-state index in [9.17, 15) is 9.59 Å². The molecule has 0 aliphatic heterocycles. The molecule has 0 atom stereocenters. The van der Waals surface area contributed by atoms with Crippen molar-refractivity contribution in [3.63, 3.8) is 0 Å². The van der Waals surface area contributed by atoms with Gasteiger partial charge < -0.3 is 14.8 Å². The Hall–Kier alpha value is -1.89. The molecule has 1 amide bonds. The van der Waals surface area contributed by atoms with Crippen LogP contribution in [0.4, 0.5) is 5.69 Å². The Balaban J connectivity index is 1.77. The Morgan fingerprint density at radius 1 is 1.08 bits per heavy atom. The molecule has 0 saturated heterocycles. The molecule has 8 heteroatoms. The van der Waals surface area contributed by atoms with Crippen LogP contribution < -0.4 is 10.1 Å². The third-order valence-corrected chi connectivity index (χ3v) is 4.75. The molecular formula is C18H17Cl2NO4S. The number of rotatable bonds is 8. The fourth-order valence-electron chi connectivity index (χ4n) is 2.05. The maximum absolute atomic E-state index is 12.0. The normalized spacial score (nSPS) is 10.3. The number of hydrogen-bond donors (Lipinski definition) is 1. The highest BCUT2D eigenvalue weighted by molar-refractivity contribution is 7.99. The number of ether oxygens (including phenoxy) is 2. The van der Waals surface area contributed by atoms with E-state index in [4.69, 9.17) is 32.7 Å². The second-order valence-corrected chi connectivity index (χ2v) is 6.96. The summed E-state index contributed by atoms with van der Waals surface area (Å²) in [6.45, 7) is 0.361. The zero-order chi connectivity index (χ0) is 18.9. The molecule has 0 unspecified atom stereocenters. The summed E-state index contributed by atoms with van der Waals surface area (Å²) in [7, 11) is 1.29. The van der Waals surface area contributed by atoms with Gasteiger partial charge >= 0.3 is 5.97 Å². The monoisotopic (exact) mass is 413 g/mol. The molecule has 5 nitrogen and oxygen atoms in total. The van der Waals surface area contributed by atoms with Crippen molar-refractivity contribution in [2.24, 2.45) is 0 Å². The summed E-state index contributed by atoms with van der Waals surface area (Å²) in [6.07, 6.45) is 0. The third kappa shape index (κ3) is 5.83. The van der Waals surface area contributed by atoms with E-state index in [0.29, 0.717) is 39.4 Å². The van der Waals surface area contributed by atoms with E-state index >= 15 is 0 Å². The summed E-state index contributed by atoms with van der Waals surface area (Å²) < 4.78 is 10.3. The number of nitrogens with one attached hydrogen (secondary N) is 1. The van der Waals surface area contributed by atoms with Crippen LogP contribution in [-0.4, -0.2) is 37.1 Å². The molecule has 0 aliphatic rings. The predicted molar refractivity (Wildman–Crippen MR) is 106 cm³/mol. The van der Waals surface area contributed by atoms with Gasteiger partial charge in [-0.15, -0.1) is 11.8 Å². The van der Waals surface area contributed by atoms with Crippen LogP contribution in [0, 0.1) is 0 Å². The van der Waals surface area contributed by atoms with Crippen molar-refractivity contribution in [2.45, 2.75) is 0 Å². The van der Waals surface area contributed by atoms with E-state index in [0.717, 1.165) is 0 Å². The summed E-state index contributed by atoms with van der Waals surface area (Å²) in [5.74, 6) is 0.511. The fraction of sp³-hybridized carbons (Fsp3) is 0.222. The second kappa shape index (κ2) is 10.3. The predicted octanol–water partition coefficient (Wildman–Crippen LogP) is 4.53. The molecule has 0 aliphatic carbocycles.